The number of benzene rings is 1. The highest BCUT2D eigenvalue weighted by atomic mass is 19.4. The number of hydrogen-bond donors (Lipinski definition) is 2. The van der Waals surface area contributed by atoms with Crippen molar-refractivity contribution < 1.29 is 13.2 Å². The quantitative estimate of drug-likeness (QED) is 0.647. The predicted octanol–water partition coefficient (Wildman–Crippen LogP) is 2.67. The van der Waals surface area contributed by atoms with Crippen LogP contribution in [0.15, 0.2) is 41.7 Å². The fraction of sp³-hybridized carbons (Fsp3) is 0.444. The zero-order valence-electron chi connectivity index (χ0n) is 14.6. The zero-order chi connectivity index (χ0) is 18.6. The van der Waals surface area contributed by atoms with Gasteiger partial charge in [-0.15, -0.1) is 0 Å². The first kappa shape index (κ1) is 18.3. The minimum atomic E-state index is -4.27. The third-order valence-electron chi connectivity index (χ3n) is 4.48. The normalized spacial score (nSPS) is 17.7. The minimum Gasteiger partial charge on any atom is -0.353 e. The van der Waals surface area contributed by atoms with Gasteiger partial charge < -0.3 is 15.2 Å². The molecule has 0 radical (unpaired) electrons. The molecule has 2 aromatic rings. The van der Waals surface area contributed by atoms with Crippen molar-refractivity contribution >= 4 is 5.96 Å². The Morgan fingerprint density at radius 2 is 2.08 bits per heavy atom. The van der Waals surface area contributed by atoms with E-state index in [-0.39, 0.29) is 12.6 Å². The summed E-state index contributed by atoms with van der Waals surface area (Å²) in [5, 5.41) is 6.41. The lowest BCUT2D eigenvalue weighted by Gasteiger charge is -2.27. The van der Waals surface area contributed by atoms with Gasteiger partial charge >= 0.3 is 6.18 Å². The van der Waals surface area contributed by atoms with E-state index in [1.807, 2.05) is 6.07 Å². The van der Waals surface area contributed by atoms with Crippen molar-refractivity contribution in [1.82, 2.24) is 20.2 Å². The lowest BCUT2D eigenvalue weighted by molar-refractivity contribution is -0.141. The summed E-state index contributed by atoms with van der Waals surface area (Å²) in [4.78, 5) is 8.18. The van der Waals surface area contributed by atoms with Crippen molar-refractivity contribution in [2.45, 2.75) is 44.6 Å². The Bertz CT molecular complexity index is 766. The minimum absolute atomic E-state index is 0.173. The molecule has 0 fully saturated rings. The summed E-state index contributed by atoms with van der Waals surface area (Å²) < 4.78 is 38.9. The standard InChI is InChI=1S/C18H22F3N5/c1-22-17(24-11-16-23-8-9-26(16)12-18(19,20)21)25-15-7-6-13-4-2-3-5-14(13)10-15/h2-5,8-9,15H,6-7,10-12H2,1H3,(H2,22,24,25). The molecule has 5 nitrogen and oxygen atoms in total. The number of guanidine groups is 1. The molecule has 0 aliphatic heterocycles. The molecule has 1 aliphatic carbocycles. The number of hydrogen-bond acceptors (Lipinski definition) is 2. The molecule has 26 heavy (non-hydrogen) atoms. The molecule has 140 valence electrons. The molecule has 1 aliphatic rings. The number of fused-ring (bicyclic) bond motifs is 1. The molecule has 0 amide bonds. The van der Waals surface area contributed by atoms with Crippen molar-refractivity contribution in [1.29, 1.82) is 0 Å². The van der Waals surface area contributed by atoms with Crippen LogP contribution >= 0.6 is 0 Å². The molecule has 0 saturated heterocycles. The van der Waals surface area contributed by atoms with E-state index in [9.17, 15) is 13.2 Å². The summed E-state index contributed by atoms with van der Waals surface area (Å²) >= 11 is 0. The van der Waals surface area contributed by atoms with Gasteiger partial charge in [-0.2, -0.15) is 13.2 Å². The molecule has 8 heteroatoms. The van der Waals surface area contributed by atoms with E-state index >= 15 is 0 Å². The van der Waals surface area contributed by atoms with Crippen LogP contribution < -0.4 is 10.6 Å². The molecular formula is C18H22F3N5. The summed E-state index contributed by atoms with van der Waals surface area (Å²) in [5.41, 5.74) is 2.70. The van der Waals surface area contributed by atoms with Crippen LogP contribution in [0, 0.1) is 0 Å². The lowest BCUT2D eigenvalue weighted by Crippen LogP contribution is -2.45. The summed E-state index contributed by atoms with van der Waals surface area (Å²) in [7, 11) is 1.65. The van der Waals surface area contributed by atoms with E-state index in [1.54, 1.807) is 7.05 Å². The molecule has 2 N–H and O–H groups in total. The maximum Gasteiger partial charge on any atom is 0.406 e. The largest absolute Gasteiger partial charge is 0.406 e. The van der Waals surface area contributed by atoms with Crippen LogP contribution in [0.4, 0.5) is 13.2 Å². The monoisotopic (exact) mass is 365 g/mol. The molecule has 1 unspecified atom stereocenters. The number of aliphatic imine (C=N–C) groups is 1. The Morgan fingerprint density at radius 3 is 2.81 bits per heavy atom. The molecule has 0 bridgehead atoms. The summed E-state index contributed by atoms with van der Waals surface area (Å²) in [6.45, 7) is -0.873. The SMILES string of the molecule is CN=C(NCc1nccn1CC(F)(F)F)NC1CCc2ccccc2C1. The van der Waals surface area contributed by atoms with Gasteiger partial charge in [-0.3, -0.25) is 4.99 Å². The van der Waals surface area contributed by atoms with Crippen LogP contribution in [0.25, 0.3) is 0 Å². The van der Waals surface area contributed by atoms with E-state index in [0.29, 0.717) is 11.8 Å². The molecule has 0 saturated carbocycles. The maximum absolute atomic E-state index is 12.6. The fourth-order valence-corrected chi connectivity index (χ4v) is 3.22. The Labute approximate surface area is 150 Å². The van der Waals surface area contributed by atoms with Crippen LogP contribution in [-0.4, -0.2) is 34.8 Å². The van der Waals surface area contributed by atoms with Crippen molar-refractivity contribution in [2.24, 2.45) is 4.99 Å². The summed E-state index contributed by atoms with van der Waals surface area (Å²) in [6.07, 6.45) is 1.32. The highest BCUT2D eigenvalue weighted by Crippen LogP contribution is 2.21. The van der Waals surface area contributed by atoms with E-state index in [1.165, 1.54) is 23.5 Å². The Hall–Kier alpha value is -2.51. The van der Waals surface area contributed by atoms with Crippen molar-refractivity contribution in [3.05, 3.63) is 53.6 Å². The third kappa shape index (κ3) is 4.77. The molecule has 1 aromatic carbocycles. The second-order valence-electron chi connectivity index (χ2n) is 6.37. The van der Waals surface area contributed by atoms with Gasteiger partial charge in [0.15, 0.2) is 5.96 Å². The number of alkyl halides is 3. The average Bonchev–Trinajstić information content (AvgIpc) is 3.03. The van der Waals surface area contributed by atoms with Crippen LogP contribution in [0.3, 0.4) is 0 Å². The lowest BCUT2D eigenvalue weighted by atomic mass is 9.88. The van der Waals surface area contributed by atoms with Gasteiger partial charge in [0, 0.05) is 25.5 Å². The van der Waals surface area contributed by atoms with Gasteiger partial charge in [-0.1, -0.05) is 24.3 Å². The van der Waals surface area contributed by atoms with Crippen LogP contribution in [0.5, 0.6) is 0 Å². The van der Waals surface area contributed by atoms with Gasteiger partial charge in [0.2, 0.25) is 0 Å². The molecular weight excluding hydrogens is 343 g/mol. The van der Waals surface area contributed by atoms with Crippen molar-refractivity contribution in [3.63, 3.8) is 0 Å². The second kappa shape index (κ2) is 7.80. The van der Waals surface area contributed by atoms with Crippen molar-refractivity contribution in [3.8, 4) is 0 Å². The first-order valence-electron chi connectivity index (χ1n) is 8.55. The number of aromatic nitrogens is 2. The highest BCUT2D eigenvalue weighted by molar-refractivity contribution is 5.79. The topological polar surface area (TPSA) is 54.2 Å². The zero-order valence-corrected chi connectivity index (χ0v) is 14.6. The number of aryl methyl sites for hydroxylation is 1. The van der Waals surface area contributed by atoms with Gasteiger partial charge in [-0.05, 0) is 30.4 Å². The molecule has 1 heterocycles. The number of imidazole rings is 1. The number of halogens is 3. The highest BCUT2D eigenvalue weighted by Gasteiger charge is 2.28. The first-order chi connectivity index (χ1) is 12.4. The molecule has 3 rings (SSSR count). The summed E-state index contributed by atoms with van der Waals surface area (Å²) in [6, 6.07) is 8.61. The molecule has 1 aromatic heterocycles. The Kier molecular flexibility index (Phi) is 5.49. The second-order valence-corrected chi connectivity index (χ2v) is 6.37. The van der Waals surface area contributed by atoms with Gasteiger partial charge in [-0.25, -0.2) is 4.98 Å². The smallest absolute Gasteiger partial charge is 0.353 e. The average molecular weight is 365 g/mol. The Morgan fingerprint density at radius 1 is 1.31 bits per heavy atom. The Balaban J connectivity index is 1.56. The molecule has 1 atom stereocenters. The van der Waals surface area contributed by atoms with E-state index in [4.69, 9.17) is 0 Å². The number of nitrogens with one attached hydrogen (secondary N) is 2. The predicted molar refractivity (Wildman–Crippen MR) is 93.9 cm³/mol. The van der Waals surface area contributed by atoms with Crippen molar-refractivity contribution in [2.75, 3.05) is 7.05 Å². The van der Waals surface area contributed by atoms with Crippen LogP contribution in [0.2, 0.25) is 0 Å². The van der Waals surface area contributed by atoms with Crippen LogP contribution in [-0.2, 0) is 25.9 Å². The maximum atomic E-state index is 12.6. The molecule has 0 spiro atoms. The number of rotatable bonds is 4. The fourth-order valence-electron chi connectivity index (χ4n) is 3.22. The number of nitrogens with zero attached hydrogens (tertiary/aromatic N) is 3. The van der Waals surface area contributed by atoms with Gasteiger partial charge in [0.05, 0.1) is 6.54 Å². The van der Waals surface area contributed by atoms with E-state index in [2.05, 4.69) is 38.8 Å². The first-order valence-corrected chi connectivity index (χ1v) is 8.55. The van der Waals surface area contributed by atoms with Gasteiger partial charge in [0.1, 0.15) is 12.4 Å². The van der Waals surface area contributed by atoms with E-state index in [0.717, 1.165) is 23.8 Å². The summed E-state index contributed by atoms with van der Waals surface area (Å²) in [5.74, 6) is 0.884. The van der Waals surface area contributed by atoms with Crippen LogP contribution in [0.1, 0.15) is 23.4 Å². The van der Waals surface area contributed by atoms with E-state index < -0.39 is 12.7 Å². The van der Waals surface area contributed by atoms with Gasteiger partial charge in [0.25, 0.3) is 0 Å². The third-order valence-corrected chi connectivity index (χ3v) is 4.48.